The van der Waals surface area contributed by atoms with E-state index in [0.29, 0.717) is 6.04 Å². The van der Waals surface area contributed by atoms with Crippen LogP contribution >= 0.6 is 0 Å². The minimum Gasteiger partial charge on any atom is -0.317 e. The molecular weight excluding hydrogens is 248 g/mol. The van der Waals surface area contributed by atoms with E-state index in [1.54, 1.807) is 0 Å². The molecule has 0 amide bonds. The van der Waals surface area contributed by atoms with Crippen LogP contribution in [0.4, 0.5) is 0 Å². The average Bonchev–Trinajstić information content (AvgIpc) is 2.44. The predicted molar refractivity (Wildman–Crippen MR) is 81.8 cm³/mol. The van der Waals surface area contributed by atoms with Crippen molar-refractivity contribution in [2.75, 3.05) is 6.54 Å². The number of hydrogen-bond donors (Lipinski definition) is 2. The summed E-state index contributed by atoms with van der Waals surface area (Å²) < 4.78 is 0. The summed E-state index contributed by atoms with van der Waals surface area (Å²) in [6.07, 6.45) is 14.0. The molecule has 1 heterocycles. The van der Waals surface area contributed by atoms with Gasteiger partial charge in [-0.05, 0) is 57.3 Å². The van der Waals surface area contributed by atoms with Crippen molar-refractivity contribution in [2.24, 2.45) is 11.8 Å². The van der Waals surface area contributed by atoms with Crippen LogP contribution in [0.1, 0.15) is 71.1 Å². The highest BCUT2D eigenvalue weighted by atomic mass is 16.5. The first kappa shape index (κ1) is 14.8. The van der Waals surface area contributed by atoms with Crippen LogP contribution in [0.15, 0.2) is 0 Å². The molecule has 3 rings (SSSR count). The van der Waals surface area contributed by atoms with E-state index < -0.39 is 0 Å². The highest BCUT2D eigenvalue weighted by Gasteiger charge is 2.39. The topological polar surface area (TPSA) is 35.5 Å². The van der Waals surface area contributed by atoms with E-state index in [-0.39, 0.29) is 0 Å². The molecule has 3 fully saturated rings. The number of rotatable bonds is 4. The maximum Gasteiger partial charge on any atom is 0.0222 e. The van der Waals surface area contributed by atoms with Gasteiger partial charge in [0.15, 0.2) is 0 Å². The molecule has 2 saturated carbocycles. The first-order valence-electron chi connectivity index (χ1n) is 8.92. The molecule has 3 aliphatic rings. The Labute approximate surface area is 124 Å². The Bertz CT molecular complexity index is 297. The van der Waals surface area contributed by atoms with Crippen molar-refractivity contribution < 1.29 is 5.21 Å². The summed E-state index contributed by atoms with van der Waals surface area (Å²) in [7, 11) is 0. The monoisotopic (exact) mass is 280 g/mol. The van der Waals surface area contributed by atoms with Gasteiger partial charge in [-0.15, -0.1) is 0 Å². The highest BCUT2D eigenvalue weighted by Crippen LogP contribution is 2.43. The molecule has 116 valence electrons. The second kappa shape index (κ2) is 6.76. The molecule has 0 aromatic rings. The number of nitrogens with zero attached hydrogens (tertiary/aromatic N) is 1. The van der Waals surface area contributed by atoms with Crippen molar-refractivity contribution >= 4 is 0 Å². The van der Waals surface area contributed by atoms with Gasteiger partial charge < -0.3 is 5.21 Å². The van der Waals surface area contributed by atoms with Gasteiger partial charge in [0.05, 0.1) is 0 Å². The number of fused-ring (bicyclic) bond motifs is 2. The standard InChI is InChI=1S/C17H32N2O/c1-13-4-2-7-16(8-9-18-20)19(13)17-11-14-5-3-6-15(10-14)12-17/h13-18,20H,2-12H2,1H3. The molecule has 0 aromatic heterocycles. The van der Waals surface area contributed by atoms with E-state index in [0.717, 1.165) is 36.9 Å². The van der Waals surface area contributed by atoms with Crippen LogP contribution < -0.4 is 5.48 Å². The molecular formula is C17H32N2O. The number of piperidine rings is 1. The van der Waals surface area contributed by atoms with Crippen LogP contribution in [0.3, 0.4) is 0 Å². The molecule has 1 aliphatic heterocycles. The zero-order chi connectivity index (χ0) is 13.9. The summed E-state index contributed by atoms with van der Waals surface area (Å²) in [4.78, 5) is 2.87. The third kappa shape index (κ3) is 3.20. The predicted octanol–water partition coefficient (Wildman–Crippen LogP) is 3.57. The van der Waals surface area contributed by atoms with Crippen molar-refractivity contribution in [3.8, 4) is 0 Å². The molecule has 0 spiro atoms. The van der Waals surface area contributed by atoms with Crippen LogP contribution in [0, 0.1) is 11.8 Å². The molecule has 0 radical (unpaired) electrons. The molecule has 20 heavy (non-hydrogen) atoms. The van der Waals surface area contributed by atoms with Gasteiger partial charge in [0, 0.05) is 24.7 Å². The van der Waals surface area contributed by atoms with Crippen molar-refractivity contribution in [1.82, 2.24) is 10.4 Å². The Hall–Kier alpha value is -0.120. The van der Waals surface area contributed by atoms with E-state index in [1.807, 2.05) is 0 Å². The molecule has 4 atom stereocenters. The molecule has 2 N–H and O–H groups in total. The van der Waals surface area contributed by atoms with E-state index in [2.05, 4.69) is 17.3 Å². The fraction of sp³-hybridized carbons (Fsp3) is 1.00. The fourth-order valence-electron chi connectivity index (χ4n) is 5.43. The molecule has 1 saturated heterocycles. The summed E-state index contributed by atoms with van der Waals surface area (Å²) in [6, 6.07) is 2.27. The zero-order valence-corrected chi connectivity index (χ0v) is 13.1. The molecule has 3 nitrogen and oxygen atoms in total. The first-order chi connectivity index (χ1) is 9.78. The van der Waals surface area contributed by atoms with Gasteiger partial charge >= 0.3 is 0 Å². The summed E-state index contributed by atoms with van der Waals surface area (Å²) in [5, 5.41) is 8.92. The first-order valence-corrected chi connectivity index (χ1v) is 8.92. The fourth-order valence-corrected chi connectivity index (χ4v) is 5.43. The van der Waals surface area contributed by atoms with E-state index in [9.17, 15) is 0 Å². The van der Waals surface area contributed by atoms with Gasteiger partial charge in [-0.2, -0.15) is 0 Å². The van der Waals surface area contributed by atoms with Crippen molar-refractivity contribution in [3.05, 3.63) is 0 Å². The average molecular weight is 280 g/mol. The van der Waals surface area contributed by atoms with Gasteiger partial charge in [0.1, 0.15) is 0 Å². The number of hydroxylamine groups is 1. The second-order valence-corrected chi connectivity index (χ2v) is 7.60. The Kier molecular flexibility index (Phi) is 5.00. The van der Waals surface area contributed by atoms with Crippen LogP contribution in [-0.4, -0.2) is 34.8 Å². The minimum atomic E-state index is 0.697. The molecule has 0 aromatic carbocycles. The lowest BCUT2D eigenvalue weighted by Gasteiger charge is -2.50. The van der Waals surface area contributed by atoms with E-state index in [1.165, 1.54) is 57.8 Å². The van der Waals surface area contributed by atoms with Gasteiger partial charge in [0.25, 0.3) is 0 Å². The maximum atomic E-state index is 8.92. The molecule has 3 heteroatoms. The summed E-state index contributed by atoms with van der Waals surface area (Å²) in [6.45, 7) is 3.18. The second-order valence-electron chi connectivity index (χ2n) is 7.60. The zero-order valence-electron chi connectivity index (χ0n) is 13.1. The van der Waals surface area contributed by atoms with Crippen LogP contribution in [-0.2, 0) is 0 Å². The summed E-state index contributed by atoms with van der Waals surface area (Å²) >= 11 is 0. The van der Waals surface area contributed by atoms with Gasteiger partial charge in [-0.25, -0.2) is 5.48 Å². The third-order valence-electron chi connectivity index (χ3n) is 6.20. The number of nitrogens with one attached hydrogen (secondary N) is 1. The normalized spacial score (nSPS) is 42.6. The highest BCUT2D eigenvalue weighted by molar-refractivity contribution is 4.93. The Morgan fingerprint density at radius 3 is 2.40 bits per heavy atom. The Balaban J connectivity index is 1.67. The maximum absolute atomic E-state index is 8.92. The Morgan fingerprint density at radius 2 is 1.70 bits per heavy atom. The van der Waals surface area contributed by atoms with E-state index >= 15 is 0 Å². The van der Waals surface area contributed by atoms with Gasteiger partial charge in [-0.3, -0.25) is 4.90 Å². The van der Waals surface area contributed by atoms with Gasteiger partial charge in [-0.1, -0.05) is 25.7 Å². The molecule has 2 aliphatic carbocycles. The molecule has 4 unspecified atom stereocenters. The smallest absolute Gasteiger partial charge is 0.0222 e. The number of likely N-dealkylation sites (tertiary alicyclic amines) is 1. The lowest BCUT2D eigenvalue weighted by Crippen LogP contribution is -2.54. The van der Waals surface area contributed by atoms with Crippen LogP contribution in [0.2, 0.25) is 0 Å². The van der Waals surface area contributed by atoms with E-state index in [4.69, 9.17) is 5.21 Å². The summed E-state index contributed by atoms with van der Waals surface area (Å²) in [5.74, 6) is 2.02. The Morgan fingerprint density at radius 1 is 1.00 bits per heavy atom. The van der Waals surface area contributed by atoms with Crippen LogP contribution in [0.25, 0.3) is 0 Å². The SMILES string of the molecule is CC1CCCC(CCNO)N1C1CC2CCCC(C2)C1. The number of hydrogen-bond acceptors (Lipinski definition) is 3. The molecule has 2 bridgehead atoms. The van der Waals surface area contributed by atoms with Crippen molar-refractivity contribution in [2.45, 2.75) is 89.3 Å². The van der Waals surface area contributed by atoms with Crippen molar-refractivity contribution in [3.63, 3.8) is 0 Å². The lowest BCUT2D eigenvalue weighted by molar-refractivity contribution is -0.0106. The quantitative estimate of drug-likeness (QED) is 0.773. The van der Waals surface area contributed by atoms with Crippen LogP contribution in [0.5, 0.6) is 0 Å². The largest absolute Gasteiger partial charge is 0.317 e. The minimum absolute atomic E-state index is 0.697. The third-order valence-corrected chi connectivity index (χ3v) is 6.20. The van der Waals surface area contributed by atoms with Gasteiger partial charge in [0.2, 0.25) is 0 Å². The lowest BCUT2D eigenvalue weighted by atomic mass is 9.69. The van der Waals surface area contributed by atoms with Crippen molar-refractivity contribution in [1.29, 1.82) is 0 Å². The summed E-state index contributed by atoms with van der Waals surface area (Å²) in [5.41, 5.74) is 2.37.